The first kappa shape index (κ1) is 14.6. The predicted molar refractivity (Wildman–Crippen MR) is 88.8 cm³/mol. The molecule has 0 radical (unpaired) electrons. The van der Waals surface area contributed by atoms with E-state index in [9.17, 15) is 9.59 Å². The number of nitrogens with one attached hydrogen (secondary N) is 1. The van der Waals surface area contributed by atoms with Crippen molar-refractivity contribution in [3.05, 3.63) is 58.4 Å². The van der Waals surface area contributed by atoms with Crippen molar-refractivity contribution in [3.8, 4) is 0 Å². The number of carbonyl (C=O) groups is 1. The summed E-state index contributed by atoms with van der Waals surface area (Å²) in [5.74, 6) is 0.0381. The van der Waals surface area contributed by atoms with Crippen molar-refractivity contribution < 1.29 is 4.79 Å². The lowest BCUT2D eigenvalue weighted by Gasteiger charge is -2.15. The molecular formula is C17H17N5O2. The summed E-state index contributed by atoms with van der Waals surface area (Å²) >= 11 is 0. The number of hydrogen-bond donors (Lipinski definition) is 1. The monoisotopic (exact) mass is 323 g/mol. The molecule has 1 N–H and O–H groups in total. The van der Waals surface area contributed by atoms with Crippen LogP contribution in [0.4, 0.5) is 0 Å². The van der Waals surface area contributed by atoms with Crippen molar-refractivity contribution in [2.24, 2.45) is 7.05 Å². The largest absolute Gasteiger partial charge is 0.337 e. The molecule has 4 rings (SSSR count). The summed E-state index contributed by atoms with van der Waals surface area (Å²) in [4.78, 5) is 33.7. The van der Waals surface area contributed by atoms with Crippen LogP contribution in [0.1, 0.15) is 28.5 Å². The van der Waals surface area contributed by atoms with Gasteiger partial charge in [-0.1, -0.05) is 0 Å². The van der Waals surface area contributed by atoms with Crippen LogP contribution in [0.25, 0.3) is 10.9 Å². The lowest BCUT2D eigenvalue weighted by Crippen LogP contribution is -2.29. The van der Waals surface area contributed by atoms with Crippen molar-refractivity contribution >= 4 is 16.8 Å². The number of likely N-dealkylation sites (tertiary alicyclic amines) is 1. The molecular weight excluding hydrogens is 306 g/mol. The van der Waals surface area contributed by atoms with Crippen molar-refractivity contribution in [3.63, 3.8) is 0 Å². The minimum atomic E-state index is -0.134. The number of aromatic nitrogens is 4. The fraction of sp³-hybridized carbons (Fsp3) is 0.294. The van der Waals surface area contributed by atoms with Crippen molar-refractivity contribution in [2.75, 3.05) is 13.1 Å². The van der Waals surface area contributed by atoms with E-state index < -0.39 is 0 Å². The smallest absolute Gasteiger partial charge is 0.274 e. The summed E-state index contributed by atoms with van der Waals surface area (Å²) in [5, 5.41) is 4.75. The second-order valence-corrected chi connectivity index (χ2v) is 6.10. The van der Waals surface area contributed by atoms with Gasteiger partial charge in [-0.15, -0.1) is 0 Å². The van der Waals surface area contributed by atoms with Crippen LogP contribution in [0.3, 0.4) is 0 Å². The number of pyridine rings is 2. The molecule has 24 heavy (non-hydrogen) atoms. The summed E-state index contributed by atoms with van der Waals surface area (Å²) in [6, 6.07) is 7.14. The summed E-state index contributed by atoms with van der Waals surface area (Å²) in [5.41, 5.74) is 1.84. The Morgan fingerprint density at radius 1 is 1.38 bits per heavy atom. The average molecular weight is 323 g/mol. The van der Waals surface area contributed by atoms with Gasteiger partial charge in [0.1, 0.15) is 5.69 Å². The van der Waals surface area contributed by atoms with E-state index in [0.29, 0.717) is 29.7 Å². The van der Waals surface area contributed by atoms with Crippen LogP contribution in [0.2, 0.25) is 0 Å². The standard InChI is InChI=1S/C17H17N5O2/c1-21-7-5-13(20-21)17(24)22-8-4-11(10-22)14-9-15-12(16(23)19-14)3-2-6-18-15/h2-3,5-7,9,11H,4,8,10H2,1H3,(H,19,23)/t11-/m0/s1. The number of rotatable bonds is 2. The van der Waals surface area contributed by atoms with E-state index in [1.807, 2.05) is 6.07 Å². The molecule has 0 saturated carbocycles. The van der Waals surface area contributed by atoms with Gasteiger partial charge in [-0.3, -0.25) is 19.3 Å². The van der Waals surface area contributed by atoms with Crippen LogP contribution in [-0.4, -0.2) is 43.6 Å². The van der Waals surface area contributed by atoms with Crippen molar-refractivity contribution in [1.29, 1.82) is 0 Å². The number of H-pyrrole nitrogens is 1. The fourth-order valence-corrected chi connectivity index (χ4v) is 3.22. The molecule has 1 fully saturated rings. The molecule has 0 aliphatic carbocycles. The van der Waals surface area contributed by atoms with Crippen LogP contribution in [0.15, 0.2) is 41.5 Å². The number of amides is 1. The van der Waals surface area contributed by atoms with Gasteiger partial charge in [0.25, 0.3) is 11.5 Å². The third-order valence-electron chi connectivity index (χ3n) is 4.48. The van der Waals surface area contributed by atoms with Gasteiger partial charge in [0, 0.05) is 44.1 Å². The maximum absolute atomic E-state index is 12.5. The van der Waals surface area contributed by atoms with E-state index in [4.69, 9.17) is 0 Å². The Labute approximate surface area is 137 Å². The Morgan fingerprint density at radius 2 is 2.25 bits per heavy atom. The predicted octanol–water partition coefficient (Wildman–Crippen LogP) is 1.29. The highest BCUT2D eigenvalue weighted by atomic mass is 16.2. The quantitative estimate of drug-likeness (QED) is 0.770. The Hall–Kier alpha value is -2.96. The zero-order chi connectivity index (χ0) is 16.7. The number of nitrogens with zero attached hydrogens (tertiary/aromatic N) is 4. The highest BCUT2D eigenvalue weighted by Gasteiger charge is 2.29. The zero-order valence-electron chi connectivity index (χ0n) is 13.3. The molecule has 7 heteroatoms. The van der Waals surface area contributed by atoms with Crippen LogP contribution in [0, 0.1) is 0 Å². The number of aryl methyl sites for hydroxylation is 1. The topological polar surface area (TPSA) is 83.9 Å². The molecule has 0 unspecified atom stereocenters. The van der Waals surface area contributed by atoms with Gasteiger partial charge in [-0.05, 0) is 30.7 Å². The Balaban J connectivity index is 1.59. The molecule has 0 spiro atoms. The first-order chi connectivity index (χ1) is 11.6. The highest BCUT2D eigenvalue weighted by Crippen LogP contribution is 2.27. The first-order valence-corrected chi connectivity index (χ1v) is 7.89. The van der Waals surface area contributed by atoms with Gasteiger partial charge in [0.2, 0.25) is 0 Å². The lowest BCUT2D eigenvalue weighted by molar-refractivity contribution is 0.0784. The Kier molecular flexibility index (Phi) is 3.41. The fourth-order valence-electron chi connectivity index (χ4n) is 3.22. The van der Waals surface area contributed by atoms with Gasteiger partial charge < -0.3 is 9.88 Å². The number of carbonyl (C=O) groups excluding carboxylic acids is 1. The molecule has 1 aliphatic rings. The van der Waals surface area contributed by atoms with Crippen molar-refractivity contribution in [1.82, 2.24) is 24.6 Å². The normalized spacial score (nSPS) is 17.5. The van der Waals surface area contributed by atoms with E-state index in [-0.39, 0.29) is 17.4 Å². The van der Waals surface area contributed by atoms with E-state index in [1.165, 1.54) is 0 Å². The second-order valence-electron chi connectivity index (χ2n) is 6.10. The minimum absolute atomic E-state index is 0.0700. The molecule has 4 heterocycles. The molecule has 1 saturated heterocycles. The average Bonchev–Trinajstić information content (AvgIpc) is 3.23. The number of hydrogen-bond acceptors (Lipinski definition) is 4. The van der Waals surface area contributed by atoms with Gasteiger partial charge in [-0.25, -0.2) is 0 Å². The minimum Gasteiger partial charge on any atom is -0.337 e. The van der Waals surface area contributed by atoms with Gasteiger partial charge >= 0.3 is 0 Å². The molecule has 3 aromatic heterocycles. The SMILES string of the molecule is Cn1ccc(C(=O)N2CC[C@H](c3cc4ncccc4c(=O)[nH]3)C2)n1. The van der Waals surface area contributed by atoms with Gasteiger partial charge in [0.05, 0.1) is 10.9 Å². The van der Waals surface area contributed by atoms with Gasteiger partial charge in [0.15, 0.2) is 0 Å². The van der Waals surface area contributed by atoms with Crippen LogP contribution >= 0.6 is 0 Å². The molecule has 122 valence electrons. The molecule has 7 nitrogen and oxygen atoms in total. The third kappa shape index (κ3) is 2.47. The Bertz CT molecular complexity index is 974. The van der Waals surface area contributed by atoms with E-state index in [2.05, 4.69) is 15.1 Å². The Morgan fingerprint density at radius 3 is 3.04 bits per heavy atom. The van der Waals surface area contributed by atoms with Gasteiger partial charge in [-0.2, -0.15) is 5.10 Å². The molecule has 1 amide bonds. The van der Waals surface area contributed by atoms with Crippen LogP contribution in [0.5, 0.6) is 0 Å². The van der Waals surface area contributed by atoms with Crippen molar-refractivity contribution in [2.45, 2.75) is 12.3 Å². The number of fused-ring (bicyclic) bond motifs is 1. The molecule has 1 aliphatic heterocycles. The van der Waals surface area contributed by atoms with Crippen LogP contribution < -0.4 is 5.56 Å². The highest BCUT2D eigenvalue weighted by molar-refractivity contribution is 5.92. The lowest BCUT2D eigenvalue weighted by atomic mass is 10.0. The summed E-state index contributed by atoms with van der Waals surface area (Å²) in [6.45, 7) is 1.23. The maximum atomic E-state index is 12.5. The zero-order valence-corrected chi connectivity index (χ0v) is 13.3. The van der Waals surface area contributed by atoms with E-state index in [1.54, 1.807) is 47.2 Å². The van der Waals surface area contributed by atoms with E-state index >= 15 is 0 Å². The maximum Gasteiger partial charge on any atom is 0.274 e. The third-order valence-corrected chi connectivity index (χ3v) is 4.48. The molecule has 0 aromatic carbocycles. The molecule has 0 bridgehead atoms. The second kappa shape index (κ2) is 5.59. The molecule has 3 aromatic rings. The van der Waals surface area contributed by atoms with Crippen LogP contribution in [-0.2, 0) is 7.05 Å². The summed E-state index contributed by atoms with van der Waals surface area (Å²) in [7, 11) is 1.79. The first-order valence-electron chi connectivity index (χ1n) is 7.89. The summed E-state index contributed by atoms with van der Waals surface area (Å²) < 4.78 is 1.62. The molecule has 1 atom stereocenters. The van der Waals surface area contributed by atoms with E-state index in [0.717, 1.165) is 12.1 Å². The summed E-state index contributed by atoms with van der Waals surface area (Å²) in [6.07, 6.45) is 4.25. The number of aromatic amines is 1.